The Balaban J connectivity index is 2.13. The molecule has 0 unspecified atom stereocenters. The van der Waals surface area contributed by atoms with Gasteiger partial charge in [0.2, 0.25) is 5.88 Å². The van der Waals surface area contributed by atoms with Crippen LogP contribution in [0.1, 0.15) is 17.0 Å². The van der Waals surface area contributed by atoms with Gasteiger partial charge in [0.15, 0.2) is 5.75 Å². The van der Waals surface area contributed by atoms with Gasteiger partial charge in [-0.1, -0.05) is 47.5 Å². The number of ether oxygens (including phenoxy) is 1. The molecule has 26 heavy (non-hydrogen) atoms. The molecule has 0 bridgehead atoms. The molecule has 3 aromatic rings. The van der Waals surface area contributed by atoms with Gasteiger partial charge in [-0.05, 0) is 23.8 Å². The zero-order chi connectivity index (χ0) is 18.4. The highest BCUT2D eigenvalue weighted by molar-refractivity contribution is 6.42. The summed E-state index contributed by atoms with van der Waals surface area (Å²) in [6, 6.07) is 13.9. The number of allylic oxidation sites excluding steroid dienone is 1. The van der Waals surface area contributed by atoms with Gasteiger partial charge in [-0.25, -0.2) is 4.79 Å². The van der Waals surface area contributed by atoms with E-state index in [0.717, 1.165) is 0 Å². The van der Waals surface area contributed by atoms with Crippen LogP contribution >= 0.6 is 23.2 Å². The Kier molecular flexibility index (Phi) is 3.87. The van der Waals surface area contributed by atoms with Crippen molar-refractivity contribution in [2.24, 2.45) is 5.73 Å². The van der Waals surface area contributed by atoms with Crippen molar-refractivity contribution in [2.45, 2.75) is 5.92 Å². The predicted molar refractivity (Wildman–Crippen MR) is 98.2 cm³/mol. The number of nitrogens with two attached hydrogens (primary N) is 1. The fourth-order valence-corrected chi connectivity index (χ4v) is 3.54. The van der Waals surface area contributed by atoms with Crippen LogP contribution in [-0.2, 0) is 0 Å². The highest BCUT2D eigenvalue weighted by Crippen LogP contribution is 2.46. The molecule has 2 N–H and O–H groups in total. The molecule has 128 valence electrons. The van der Waals surface area contributed by atoms with Crippen LogP contribution in [-0.4, -0.2) is 0 Å². The minimum absolute atomic E-state index is 0.0734. The average Bonchev–Trinajstić information content (AvgIpc) is 2.63. The first kappa shape index (κ1) is 16.5. The van der Waals surface area contributed by atoms with E-state index in [1.54, 1.807) is 42.5 Å². The molecule has 2 aromatic carbocycles. The summed E-state index contributed by atoms with van der Waals surface area (Å²) in [6.07, 6.45) is 0. The monoisotopic (exact) mass is 384 g/mol. The van der Waals surface area contributed by atoms with E-state index in [1.807, 2.05) is 6.07 Å². The second-order valence-electron chi connectivity index (χ2n) is 5.70. The van der Waals surface area contributed by atoms with Gasteiger partial charge in [-0.2, -0.15) is 5.26 Å². The molecule has 0 saturated heterocycles. The van der Waals surface area contributed by atoms with E-state index in [1.165, 1.54) is 0 Å². The SMILES string of the molecule is N#CC1=C(N)Oc2c(c(=O)oc3ccccc23)[C@H]1c1cccc(Cl)c1Cl. The predicted octanol–water partition coefficient (Wildman–Crippen LogP) is 4.32. The van der Waals surface area contributed by atoms with Gasteiger partial charge >= 0.3 is 5.63 Å². The van der Waals surface area contributed by atoms with Crippen molar-refractivity contribution in [2.75, 3.05) is 0 Å². The van der Waals surface area contributed by atoms with Gasteiger partial charge in [0.25, 0.3) is 0 Å². The van der Waals surface area contributed by atoms with E-state index >= 15 is 0 Å². The minimum atomic E-state index is -0.837. The van der Waals surface area contributed by atoms with Crippen LogP contribution < -0.4 is 16.1 Å². The fraction of sp³-hybridized carbons (Fsp3) is 0.0526. The summed E-state index contributed by atoms with van der Waals surface area (Å²) in [4.78, 5) is 12.7. The van der Waals surface area contributed by atoms with Crippen molar-refractivity contribution in [1.29, 1.82) is 5.26 Å². The Morgan fingerprint density at radius 1 is 1.12 bits per heavy atom. The van der Waals surface area contributed by atoms with Crippen molar-refractivity contribution in [3.63, 3.8) is 0 Å². The first-order valence-electron chi connectivity index (χ1n) is 7.60. The summed E-state index contributed by atoms with van der Waals surface area (Å²) < 4.78 is 11.1. The molecule has 0 amide bonds. The zero-order valence-electron chi connectivity index (χ0n) is 13.1. The van der Waals surface area contributed by atoms with E-state index in [9.17, 15) is 10.1 Å². The quantitative estimate of drug-likeness (QED) is 0.631. The number of hydrogen-bond acceptors (Lipinski definition) is 5. The number of para-hydroxylation sites is 1. The van der Waals surface area contributed by atoms with Gasteiger partial charge in [0, 0.05) is 0 Å². The number of halogens is 2. The molecule has 0 aliphatic carbocycles. The molecule has 1 aromatic heterocycles. The first-order valence-corrected chi connectivity index (χ1v) is 8.35. The molecular weight excluding hydrogens is 375 g/mol. The van der Waals surface area contributed by atoms with Gasteiger partial charge < -0.3 is 14.9 Å². The Morgan fingerprint density at radius 2 is 1.88 bits per heavy atom. The van der Waals surface area contributed by atoms with Crippen molar-refractivity contribution in [3.05, 3.63) is 85.5 Å². The van der Waals surface area contributed by atoms with E-state index in [-0.39, 0.29) is 27.8 Å². The Morgan fingerprint density at radius 3 is 2.65 bits per heavy atom. The number of fused-ring (bicyclic) bond motifs is 3. The topological polar surface area (TPSA) is 89.3 Å². The summed E-state index contributed by atoms with van der Waals surface area (Å²) in [5, 5.41) is 10.7. The van der Waals surface area contributed by atoms with Crippen LogP contribution in [0.5, 0.6) is 5.75 Å². The van der Waals surface area contributed by atoms with E-state index in [2.05, 4.69) is 0 Å². The zero-order valence-corrected chi connectivity index (χ0v) is 14.6. The van der Waals surface area contributed by atoms with E-state index in [4.69, 9.17) is 38.1 Å². The molecular formula is C19H10Cl2N2O3. The van der Waals surface area contributed by atoms with Gasteiger partial charge in [-0.3, -0.25) is 0 Å². The maximum Gasteiger partial charge on any atom is 0.344 e. The van der Waals surface area contributed by atoms with Gasteiger partial charge in [0.05, 0.1) is 26.9 Å². The first-order chi connectivity index (χ1) is 12.5. The highest BCUT2D eigenvalue weighted by Gasteiger charge is 2.36. The lowest BCUT2D eigenvalue weighted by Crippen LogP contribution is -2.26. The highest BCUT2D eigenvalue weighted by atomic mass is 35.5. The summed E-state index contributed by atoms with van der Waals surface area (Å²) >= 11 is 12.5. The largest absolute Gasteiger partial charge is 0.439 e. The third-order valence-electron chi connectivity index (χ3n) is 4.27. The molecule has 2 heterocycles. The molecule has 1 aliphatic heterocycles. The van der Waals surface area contributed by atoms with Crippen molar-refractivity contribution < 1.29 is 9.15 Å². The third kappa shape index (κ3) is 2.35. The smallest absolute Gasteiger partial charge is 0.344 e. The molecule has 0 spiro atoms. The van der Waals surface area contributed by atoms with Crippen LogP contribution in [0.25, 0.3) is 11.0 Å². The number of benzene rings is 2. The van der Waals surface area contributed by atoms with Crippen molar-refractivity contribution >= 4 is 34.2 Å². The molecule has 0 saturated carbocycles. The second kappa shape index (κ2) is 6.10. The van der Waals surface area contributed by atoms with Gasteiger partial charge in [0.1, 0.15) is 17.2 Å². The molecule has 1 aliphatic rings. The van der Waals surface area contributed by atoms with Crippen LogP contribution in [0.3, 0.4) is 0 Å². The standard InChI is InChI=1S/C19H10Cl2N2O3/c20-12-6-3-5-10(16(12)21)14-11(8-22)18(23)26-17-9-4-1-2-7-13(9)25-19(24)15(14)17/h1-7,14H,23H2/t14-/m0/s1. The lowest BCUT2D eigenvalue weighted by atomic mass is 9.84. The van der Waals surface area contributed by atoms with Crippen LogP contribution in [0.2, 0.25) is 10.0 Å². The Labute approximate surface area is 157 Å². The maximum absolute atomic E-state index is 12.7. The minimum Gasteiger partial charge on any atom is -0.439 e. The maximum atomic E-state index is 12.7. The fourth-order valence-electron chi connectivity index (χ4n) is 3.12. The molecule has 1 atom stereocenters. The number of nitrogens with zero attached hydrogens (tertiary/aromatic N) is 1. The van der Waals surface area contributed by atoms with E-state index in [0.29, 0.717) is 21.6 Å². The normalized spacial score (nSPS) is 16.1. The average molecular weight is 385 g/mol. The summed E-state index contributed by atoms with van der Waals surface area (Å²) in [5.41, 5.74) is 6.44. The summed E-state index contributed by atoms with van der Waals surface area (Å²) in [7, 11) is 0. The Bertz CT molecular complexity index is 1190. The van der Waals surface area contributed by atoms with Gasteiger partial charge in [-0.15, -0.1) is 0 Å². The number of nitriles is 1. The van der Waals surface area contributed by atoms with Crippen LogP contribution in [0.4, 0.5) is 0 Å². The molecule has 5 nitrogen and oxygen atoms in total. The van der Waals surface area contributed by atoms with Crippen LogP contribution in [0, 0.1) is 11.3 Å². The molecule has 0 radical (unpaired) electrons. The van der Waals surface area contributed by atoms with E-state index < -0.39 is 11.5 Å². The second-order valence-corrected chi connectivity index (χ2v) is 6.48. The Hall–Kier alpha value is -2.94. The molecule has 4 rings (SSSR count). The summed E-state index contributed by atoms with van der Waals surface area (Å²) in [6.45, 7) is 0. The number of hydrogen-bond donors (Lipinski definition) is 1. The molecule has 0 fully saturated rings. The van der Waals surface area contributed by atoms with Crippen LogP contribution in [0.15, 0.2) is 63.1 Å². The molecule has 7 heteroatoms. The van der Waals surface area contributed by atoms with Crippen molar-refractivity contribution in [1.82, 2.24) is 0 Å². The lowest BCUT2D eigenvalue weighted by Gasteiger charge is -2.26. The summed E-state index contributed by atoms with van der Waals surface area (Å²) in [5.74, 6) is -0.665. The lowest BCUT2D eigenvalue weighted by molar-refractivity contribution is 0.388. The third-order valence-corrected chi connectivity index (χ3v) is 5.10. The number of rotatable bonds is 1. The van der Waals surface area contributed by atoms with Crippen molar-refractivity contribution in [3.8, 4) is 11.8 Å².